The summed E-state index contributed by atoms with van der Waals surface area (Å²) in [6.07, 6.45) is 4.67. The number of hydrogen-bond acceptors (Lipinski definition) is 4. The van der Waals surface area contributed by atoms with Crippen LogP contribution in [-0.2, 0) is 0 Å². The van der Waals surface area contributed by atoms with Crippen LogP contribution in [0.25, 0.3) is 0 Å². The maximum absolute atomic E-state index is 12.6. The molecule has 1 aromatic rings. The van der Waals surface area contributed by atoms with Crippen LogP contribution in [0.3, 0.4) is 0 Å². The zero-order valence-electron chi connectivity index (χ0n) is 8.56. The van der Waals surface area contributed by atoms with Crippen LogP contribution in [0.4, 0.5) is 10.3 Å². The van der Waals surface area contributed by atoms with Gasteiger partial charge in [-0.2, -0.15) is 0 Å². The fraction of sp³-hybridized carbons (Fsp3) is 0.600. The Hall–Kier alpha value is -1.23. The first-order chi connectivity index (χ1) is 7.29. The molecule has 1 fully saturated rings. The van der Waals surface area contributed by atoms with Gasteiger partial charge in [-0.1, -0.05) is 0 Å². The van der Waals surface area contributed by atoms with Crippen LogP contribution in [0.1, 0.15) is 12.8 Å². The van der Waals surface area contributed by atoms with E-state index in [1.807, 2.05) is 0 Å². The first kappa shape index (κ1) is 10.3. The molecule has 82 valence electrons. The molecule has 2 heterocycles. The summed E-state index contributed by atoms with van der Waals surface area (Å²) in [4.78, 5) is 10.0. The Morgan fingerprint density at radius 1 is 1.47 bits per heavy atom. The van der Waals surface area contributed by atoms with Gasteiger partial charge < -0.3 is 10.6 Å². The Bertz CT molecular complexity index is 314. The van der Waals surface area contributed by atoms with Crippen molar-refractivity contribution >= 4 is 5.95 Å². The van der Waals surface area contributed by atoms with Gasteiger partial charge >= 0.3 is 0 Å². The highest BCUT2D eigenvalue weighted by Crippen LogP contribution is 2.18. The zero-order valence-corrected chi connectivity index (χ0v) is 8.56. The van der Waals surface area contributed by atoms with Gasteiger partial charge in [-0.3, -0.25) is 0 Å². The first-order valence-corrected chi connectivity index (χ1v) is 5.22. The second-order valence-electron chi connectivity index (χ2n) is 3.89. The lowest BCUT2D eigenvalue weighted by Gasteiger charge is -2.31. The van der Waals surface area contributed by atoms with Crippen LogP contribution in [0.5, 0.6) is 0 Å². The lowest BCUT2D eigenvalue weighted by atomic mass is 9.99. The van der Waals surface area contributed by atoms with E-state index in [-0.39, 0.29) is 0 Å². The van der Waals surface area contributed by atoms with Gasteiger partial charge in [-0.05, 0) is 25.3 Å². The molecule has 2 N–H and O–H groups in total. The highest BCUT2D eigenvalue weighted by Gasteiger charge is 2.20. The number of aromatic nitrogens is 2. The molecule has 4 nitrogen and oxygen atoms in total. The van der Waals surface area contributed by atoms with Crippen LogP contribution >= 0.6 is 0 Å². The summed E-state index contributed by atoms with van der Waals surface area (Å²) in [5.74, 6) is 0.716. The quantitative estimate of drug-likeness (QED) is 0.784. The topological polar surface area (TPSA) is 55.0 Å². The number of anilines is 1. The van der Waals surface area contributed by atoms with Gasteiger partial charge in [0, 0.05) is 13.1 Å². The third kappa shape index (κ3) is 2.41. The van der Waals surface area contributed by atoms with Gasteiger partial charge in [0.15, 0.2) is 5.82 Å². The summed E-state index contributed by atoms with van der Waals surface area (Å²) in [7, 11) is 0. The summed E-state index contributed by atoms with van der Waals surface area (Å²) in [5, 5.41) is 0. The first-order valence-electron chi connectivity index (χ1n) is 5.22. The van der Waals surface area contributed by atoms with Gasteiger partial charge in [0.25, 0.3) is 0 Å². The van der Waals surface area contributed by atoms with E-state index in [9.17, 15) is 4.39 Å². The molecule has 0 unspecified atom stereocenters. The van der Waals surface area contributed by atoms with E-state index in [0.717, 1.165) is 25.9 Å². The maximum atomic E-state index is 12.6. The van der Waals surface area contributed by atoms with Gasteiger partial charge in [0.05, 0.1) is 12.4 Å². The number of hydrogen-bond donors (Lipinski definition) is 1. The minimum atomic E-state index is -0.397. The average molecular weight is 210 g/mol. The minimum Gasteiger partial charge on any atom is -0.341 e. The lowest BCUT2D eigenvalue weighted by molar-refractivity contribution is 0.419. The minimum absolute atomic E-state index is 0.397. The third-order valence-corrected chi connectivity index (χ3v) is 2.74. The lowest BCUT2D eigenvalue weighted by Crippen LogP contribution is -2.39. The van der Waals surface area contributed by atoms with E-state index in [0.29, 0.717) is 18.4 Å². The molecule has 1 aliphatic heterocycles. The van der Waals surface area contributed by atoms with Gasteiger partial charge in [0.2, 0.25) is 5.95 Å². The van der Waals surface area contributed by atoms with E-state index in [4.69, 9.17) is 5.73 Å². The summed E-state index contributed by atoms with van der Waals surface area (Å²) in [5.41, 5.74) is 5.64. The molecule has 2 rings (SSSR count). The van der Waals surface area contributed by atoms with E-state index in [2.05, 4.69) is 14.9 Å². The smallest absolute Gasteiger partial charge is 0.225 e. The van der Waals surface area contributed by atoms with Crippen molar-refractivity contribution in [2.24, 2.45) is 11.7 Å². The second-order valence-corrected chi connectivity index (χ2v) is 3.89. The molecule has 0 aliphatic carbocycles. The van der Waals surface area contributed by atoms with Crippen LogP contribution in [0.2, 0.25) is 0 Å². The summed E-state index contributed by atoms with van der Waals surface area (Å²) < 4.78 is 12.6. The number of halogens is 1. The highest BCUT2D eigenvalue weighted by molar-refractivity contribution is 5.29. The van der Waals surface area contributed by atoms with Crippen molar-refractivity contribution in [1.29, 1.82) is 0 Å². The summed E-state index contributed by atoms with van der Waals surface area (Å²) in [6.45, 7) is 2.50. The molecule has 0 radical (unpaired) electrons. The molecule has 15 heavy (non-hydrogen) atoms. The molecule has 0 bridgehead atoms. The monoisotopic (exact) mass is 210 g/mol. The number of nitrogens with zero attached hydrogens (tertiary/aromatic N) is 3. The zero-order chi connectivity index (χ0) is 10.7. The van der Waals surface area contributed by atoms with Crippen molar-refractivity contribution in [2.45, 2.75) is 12.8 Å². The molecule has 1 aromatic heterocycles. The van der Waals surface area contributed by atoms with Crippen molar-refractivity contribution < 1.29 is 4.39 Å². The van der Waals surface area contributed by atoms with Crippen molar-refractivity contribution in [1.82, 2.24) is 9.97 Å². The molecule has 0 aromatic carbocycles. The Morgan fingerprint density at radius 2 is 2.20 bits per heavy atom. The van der Waals surface area contributed by atoms with Gasteiger partial charge in [-0.15, -0.1) is 0 Å². The Balaban J connectivity index is 2.06. The Kier molecular flexibility index (Phi) is 3.11. The van der Waals surface area contributed by atoms with Gasteiger partial charge in [-0.25, -0.2) is 14.4 Å². The van der Waals surface area contributed by atoms with Crippen LogP contribution in [-0.4, -0.2) is 29.6 Å². The molecule has 0 amide bonds. The number of nitrogens with two attached hydrogens (primary N) is 1. The molecule has 1 aliphatic rings. The number of piperidine rings is 1. The average Bonchev–Trinajstić information content (AvgIpc) is 2.30. The van der Waals surface area contributed by atoms with Crippen molar-refractivity contribution in [3.8, 4) is 0 Å². The molecular formula is C10H15FN4. The van der Waals surface area contributed by atoms with Crippen LogP contribution < -0.4 is 10.6 Å². The Labute approximate surface area is 88.3 Å². The van der Waals surface area contributed by atoms with Crippen LogP contribution in [0, 0.1) is 11.7 Å². The normalized spacial score (nSPS) is 21.7. The number of rotatable bonds is 2. The molecule has 5 heteroatoms. The highest BCUT2D eigenvalue weighted by atomic mass is 19.1. The largest absolute Gasteiger partial charge is 0.341 e. The fourth-order valence-corrected chi connectivity index (χ4v) is 1.91. The molecule has 0 saturated carbocycles. The SMILES string of the molecule is NC[C@@H]1CCCN(c2ncc(F)cn2)C1. The predicted octanol–water partition coefficient (Wildman–Crippen LogP) is 0.791. The van der Waals surface area contributed by atoms with Crippen LogP contribution in [0.15, 0.2) is 12.4 Å². The summed E-state index contributed by atoms with van der Waals surface area (Å²) >= 11 is 0. The molecule has 0 spiro atoms. The van der Waals surface area contributed by atoms with Gasteiger partial charge in [0.1, 0.15) is 0 Å². The van der Waals surface area contributed by atoms with E-state index >= 15 is 0 Å². The fourth-order valence-electron chi connectivity index (χ4n) is 1.91. The van der Waals surface area contributed by atoms with Crippen molar-refractivity contribution in [3.63, 3.8) is 0 Å². The molecule has 1 atom stereocenters. The standard InChI is InChI=1S/C10H15FN4/c11-9-5-13-10(14-6-9)15-3-1-2-8(4-12)7-15/h5-6,8H,1-4,7,12H2/t8-/m0/s1. The van der Waals surface area contributed by atoms with E-state index < -0.39 is 5.82 Å². The second kappa shape index (κ2) is 4.53. The Morgan fingerprint density at radius 3 is 2.87 bits per heavy atom. The third-order valence-electron chi connectivity index (χ3n) is 2.74. The molecule has 1 saturated heterocycles. The predicted molar refractivity (Wildman–Crippen MR) is 56.0 cm³/mol. The summed E-state index contributed by atoms with van der Waals surface area (Å²) in [6, 6.07) is 0. The maximum Gasteiger partial charge on any atom is 0.225 e. The van der Waals surface area contributed by atoms with E-state index in [1.165, 1.54) is 12.4 Å². The molecular weight excluding hydrogens is 195 g/mol. The van der Waals surface area contributed by atoms with Crippen molar-refractivity contribution in [2.75, 3.05) is 24.5 Å². The van der Waals surface area contributed by atoms with E-state index in [1.54, 1.807) is 0 Å². The van der Waals surface area contributed by atoms with Crippen molar-refractivity contribution in [3.05, 3.63) is 18.2 Å².